The Morgan fingerprint density at radius 1 is 1.32 bits per heavy atom. The van der Waals surface area contributed by atoms with E-state index in [9.17, 15) is 27.2 Å². The van der Waals surface area contributed by atoms with E-state index in [1.165, 1.54) is 42.3 Å². The Morgan fingerprint density at radius 3 is 2.61 bits per heavy atom. The van der Waals surface area contributed by atoms with E-state index in [2.05, 4.69) is 0 Å². The number of halogens is 1. The van der Waals surface area contributed by atoms with Crippen molar-refractivity contribution in [2.45, 2.75) is 18.9 Å². The van der Waals surface area contributed by atoms with Gasteiger partial charge >= 0.3 is 0 Å². The molecule has 10 heteroatoms. The average molecular weight is 426 g/mol. The molecule has 0 saturated carbocycles. The summed E-state index contributed by atoms with van der Waals surface area (Å²) < 4.78 is 36.1. The first-order valence-electron chi connectivity index (χ1n) is 8.63. The first-order chi connectivity index (χ1) is 13.2. The highest BCUT2D eigenvalue weighted by Gasteiger charge is 2.36. The molecule has 3 amide bonds. The van der Waals surface area contributed by atoms with E-state index in [0.29, 0.717) is 12.0 Å². The summed E-state index contributed by atoms with van der Waals surface area (Å²) in [5, 5.41) is -0.475. The van der Waals surface area contributed by atoms with Gasteiger partial charge in [-0.15, -0.1) is 0 Å². The Bertz CT molecular complexity index is 943. The summed E-state index contributed by atoms with van der Waals surface area (Å²) >= 11 is 0.767. The third-order valence-electron chi connectivity index (χ3n) is 4.74. The summed E-state index contributed by atoms with van der Waals surface area (Å²) in [6, 6.07) is 5.14. The van der Waals surface area contributed by atoms with E-state index in [1.54, 1.807) is 0 Å². The van der Waals surface area contributed by atoms with Gasteiger partial charge in [0.2, 0.25) is 5.91 Å². The summed E-state index contributed by atoms with van der Waals surface area (Å²) in [7, 11) is -1.57. The molecule has 2 saturated heterocycles. The lowest BCUT2D eigenvalue weighted by Crippen LogP contribution is -2.40. The van der Waals surface area contributed by atoms with Gasteiger partial charge in [-0.05, 0) is 42.0 Å². The lowest BCUT2D eigenvalue weighted by atomic mass is 10.2. The quantitative estimate of drug-likeness (QED) is 0.668. The highest BCUT2D eigenvalue weighted by atomic mass is 32.2. The van der Waals surface area contributed by atoms with E-state index in [1.807, 2.05) is 0 Å². The van der Waals surface area contributed by atoms with Crippen LogP contribution in [0.15, 0.2) is 29.2 Å². The monoisotopic (exact) mass is 426 g/mol. The van der Waals surface area contributed by atoms with E-state index < -0.39 is 26.8 Å². The number of hydrogen-bond acceptors (Lipinski definition) is 6. The lowest BCUT2D eigenvalue weighted by Gasteiger charge is -2.24. The second-order valence-electron chi connectivity index (χ2n) is 6.70. The predicted molar refractivity (Wildman–Crippen MR) is 104 cm³/mol. The van der Waals surface area contributed by atoms with Gasteiger partial charge in [-0.25, -0.2) is 12.8 Å². The van der Waals surface area contributed by atoms with Gasteiger partial charge in [0.1, 0.15) is 5.82 Å². The minimum atomic E-state index is -3.11. The summed E-state index contributed by atoms with van der Waals surface area (Å²) in [5.74, 6) is -1.21. The predicted octanol–water partition coefficient (Wildman–Crippen LogP) is 1.90. The summed E-state index contributed by atoms with van der Waals surface area (Å²) in [6.07, 6.45) is 1.82. The molecule has 28 heavy (non-hydrogen) atoms. The van der Waals surface area contributed by atoms with E-state index in [-0.39, 0.29) is 41.3 Å². The minimum absolute atomic E-state index is 0.0583. The molecule has 150 valence electrons. The SMILES string of the molecule is CN(C(=O)CCN1C(=O)S/C(=C\c2ccc(F)cc2)C1=O)[C@@H]1CCS(=O)(=O)C1. The van der Waals surface area contributed by atoms with Crippen LogP contribution in [0.4, 0.5) is 9.18 Å². The van der Waals surface area contributed by atoms with Gasteiger partial charge in [0.15, 0.2) is 9.84 Å². The molecule has 0 N–H and O–H groups in total. The van der Waals surface area contributed by atoms with Gasteiger partial charge in [0, 0.05) is 26.1 Å². The van der Waals surface area contributed by atoms with Crippen molar-refractivity contribution in [2.24, 2.45) is 0 Å². The third kappa shape index (κ3) is 4.61. The summed E-state index contributed by atoms with van der Waals surface area (Å²) in [5.41, 5.74) is 0.588. The number of hydrogen-bond donors (Lipinski definition) is 0. The van der Waals surface area contributed by atoms with Crippen LogP contribution in [0.3, 0.4) is 0 Å². The first-order valence-corrected chi connectivity index (χ1v) is 11.3. The molecule has 1 aromatic carbocycles. The number of thioether (sulfide) groups is 1. The third-order valence-corrected chi connectivity index (χ3v) is 7.40. The van der Waals surface area contributed by atoms with Crippen molar-refractivity contribution in [1.82, 2.24) is 9.80 Å². The second kappa shape index (κ2) is 8.04. The van der Waals surface area contributed by atoms with Crippen molar-refractivity contribution in [1.29, 1.82) is 0 Å². The number of amides is 3. The Labute approximate surface area is 166 Å². The molecule has 2 heterocycles. The standard InChI is InChI=1S/C18H19FN2O5S2/c1-20(14-7-9-28(25,26)11-14)16(22)6-8-21-17(23)15(27-18(21)24)10-12-2-4-13(19)5-3-12/h2-5,10,14H,6-9,11H2,1H3/b15-10-/t14-/m1/s1. The molecule has 0 unspecified atom stereocenters. The maximum Gasteiger partial charge on any atom is 0.293 e. The molecule has 2 fully saturated rings. The van der Waals surface area contributed by atoms with Gasteiger partial charge in [-0.2, -0.15) is 0 Å². The molecular weight excluding hydrogens is 407 g/mol. The molecule has 0 aliphatic carbocycles. The van der Waals surface area contributed by atoms with E-state index in [4.69, 9.17) is 0 Å². The topological polar surface area (TPSA) is 91.8 Å². The van der Waals surface area contributed by atoms with Gasteiger partial charge in [0.25, 0.3) is 11.1 Å². The normalized spacial score (nSPS) is 22.9. The van der Waals surface area contributed by atoms with Crippen LogP contribution in [-0.2, 0) is 19.4 Å². The Morgan fingerprint density at radius 2 is 2.00 bits per heavy atom. The zero-order chi connectivity index (χ0) is 20.5. The molecular formula is C18H19FN2O5S2. The Hall–Kier alpha value is -2.20. The molecule has 1 atom stereocenters. The van der Waals surface area contributed by atoms with Gasteiger partial charge < -0.3 is 4.90 Å². The van der Waals surface area contributed by atoms with Crippen molar-refractivity contribution in [3.8, 4) is 0 Å². The van der Waals surface area contributed by atoms with Crippen molar-refractivity contribution in [2.75, 3.05) is 25.1 Å². The molecule has 1 aromatic rings. The zero-order valence-electron chi connectivity index (χ0n) is 15.1. The van der Waals surface area contributed by atoms with Crippen LogP contribution in [0.25, 0.3) is 6.08 Å². The molecule has 2 aliphatic rings. The number of rotatable bonds is 5. The van der Waals surface area contributed by atoms with Gasteiger partial charge in [-0.3, -0.25) is 19.3 Å². The molecule has 0 radical (unpaired) electrons. The van der Waals surface area contributed by atoms with Gasteiger partial charge in [-0.1, -0.05) is 12.1 Å². The average Bonchev–Trinajstić information content (AvgIpc) is 3.13. The van der Waals surface area contributed by atoms with Crippen LogP contribution in [0.5, 0.6) is 0 Å². The van der Waals surface area contributed by atoms with Crippen molar-refractivity contribution >= 4 is 44.7 Å². The first kappa shape index (κ1) is 20.5. The van der Waals surface area contributed by atoms with Crippen LogP contribution >= 0.6 is 11.8 Å². The fourth-order valence-electron chi connectivity index (χ4n) is 3.07. The maximum absolute atomic E-state index is 13.0. The number of imide groups is 1. The van der Waals surface area contributed by atoms with Gasteiger partial charge in [0.05, 0.1) is 16.4 Å². The van der Waals surface area contributed by atoms with Crippen LogP contribution in [0.1, 0.15) is 18.4 Å². The Kier molecular flexibility index (Phi) is 5.90. The second-order valence-corrected chi connectivity index (χ2v) is 9.92. The minimum Gasteiger partial charge on any atom is -0.342 e. The van der Waals surface area contributed by atoms with Crippen LogP contribution in [0, 0.1) is 5.82 Å². The smallest absolute Gasteiger partial charge is 0.293 e. The Balaban J connectivity index is 1.60. The number of nitrogens with zero attached hydrogens (tertiary/aromatic N) is 2. The molecule has 0 spiro atoms. The van der Waals surface area contributed by atoms with Crippen molar-refractivity contribution in [3.63, 3.8) is 0 Å². The van der Waals surface area contributed by atoms with Crippen LogP contribution < -0.4 is 0 Å². The zero-order valence-corrected chi connectivity index (χ0v) is 16.8. The van der Waals surface area contributed by atoms with Crippen molar-refractivity contribution in [3.05, 3.63) is 40.6 Å². The van der Waals surface area contributed by atoms with E-state index in [0.717, 1.165) is 16.7 Å². The highest BCUT2D eigenvalue weighted by molar-refractivity contribution is 8.18. The highest BCUT2D eigenvalue weighted by Crippen LogP contribution is 2.32. The summed E-state index contributed by atoms with van der Waals surface area (Å²) in [6.45, 7) is -0.0753. The molecule has 2 aliphatic heterocycles. The molecule has 7 nitrogen and oxygen atoms in total. The number of sulfone groups is 1. The van der Waals surface area contributed by atoms with E-state index >= 15 is 0 Å². The van der Waals surface area contributed by atoms with Crippen LogP contribution in [0.2, 0.25) is 0 Å². The number of carbonyl (C=O) groups excluding carboxylic acids is 3. The fraction of sp³-hybridized carbons (Fsp3) is 0.389. The summed E-state index contributed by atoms with van der Waals surface area (Å²) in [4.78, 5) is 39.5. The fourth-order valence-corrected chi connectivity index (χ4v) is 5.71. The molecule has 0 bridgehead atoms. The largest absolute Gasteiger partial charge is 0.342 e. The molecule has 3 rings (SSSR count). The maximum atomic E-state index is 13.0. The number of benzene rings is 1. The number of carbonyl (C=O) groups is 3. The lowest BCUT2D eigenvalue weighted by molar-refractivity contribution is -0.132. The molecule has 0 aromatic heterocycles. The van der Waals surface area contributed by atoms with Crippen molar-refractivity contribution < 1.29 is 27.2 Å². The van der Waals surface area contributed by atoms with Crippen LogP contribution in [-0.4, -0.2) is 66.4 Å².